The number of benzene rings is 2. The van der Waals surface area contributed by atoms with Crippen LogP contribution in [0, 0.1) is 6.92 Å². The van der Waals surface area contributed by atoms with Crippen LogP contribution in [0.3, 0.4) is 0 Å². The van der Waals surface area contributed by atoms with E-state index in [1.54, 1.807) is 13.2 Å². The maximum atomic E-state index is 12.3. The summed E-state index contributed by atoms with van der Waals surface area (Å²) in [7, 11) is 0.488. The molecule has 21 heavy (non-hydrogen) atoms. The largest absolute Gasteiger partial charge is 0.493 e. The van der Waals surface area contributed by atoms with E-state index in [4.69, 9.17) is 15.2 Å². The zero-order chi connectivity index (χ0) is 15.2. The van der Waals surface area contributed by atoms with Crippen LogP contribution in [-0.4, -0.2) is 23.7 Å². The molecule has 112 valence electrons. The summed E-state index contributed by atoms with van der Waals surface area (Å²) >= 11 is 0. The number of anilines is 1. The number of ether oxygens (including phenoxy) is 2. The molecule has 4 nitrogen and oxygen atoms in total. The van der Waals surface area contributed by atoms with Crippen LogP contribution >= 0.6 is 0 Å². The molecule has 0 amide bonds. The van der Waals surface area contributed by atoms with E-state index in [9.17, 15) is 4.21 Å². The molecule has 0 saturated heterocycles. The minimum Gasteiger partial charge on any atom is -0.493 e. The highest BCUT2D eigenvalue weighted by molar-refractivity contribution is 7.85. The van der Waals surface area contributed by atoms with Crippen molar-refractivity contribution in [2.75, 3.05) is 25.2 Å². The van der Waals surface area contributed by atoms with Gasteiger partial charge in [0.1, 0.15) is 6.61 Å². The highest BCUT2D eigenvalue weighted by Gasteiger charge is 2.09. The predicted octanol–water partition coefficient (Wildman–Crippen LogP) is 2.77. The van der Waals surface area contributed by atoms with Gasteiger partial charge in [0, 0.05) is 10.6 Å². The van der Waals surface area contributed by atoms with Gasteiger partial charge in [0.05, 0.1) is 23.7 Å². The average molecular weight is 305 g/mol. The Kier molecular flexibility index (Phi) is 5.22. The van der Waals surface area contributed by atoms with Crippen molar-refractivity contribution < 1.29 is 13.7 Å². The van der Waals surface area contributed by atoms with Gasteiger partial charge in [-0.3, -0.25) is 4.21 Å². The van der Waals surface area contributed by atoms with Crippen LogP contribution in [-0.2, 0) is 10.8 Å². The van der Waals surface area contributed by atoms with Crippen LogP contribution in [0.5, 0.6) is 11.5 Å². The first-order valence-electron chi connectivity index (χ1n) is 6.62. The first kappa shape index (κ1) is 15.4. The average Bonchev–Trinajstić information content (AvgIpc) is 2.47. The molecule has 2 rings (SSSR count). The Hall–Kier alpha value is -2.01. The lowest BCUT2D eigenvalue weighted by Gasteiger charge is -2.11. The van der Waals surface area contributed by atoms with Gasteiger partial charge in [0.15, 0.2) is 11.5 Å². The Morgan fingerprint density at radius 3 is 2.52 bits per heavy atom. The van der Waals surface area contributed by atoms with Gasteiger partial charge in [-0.05, 0) is 42.8 Å². The molecule has 0 aliphatic rings. The number of nitrogen functional groups attached to an aromatic ring is 1. The normalized spacial score (nSPS) is 11.9. The van der Waals surface area contributed by atoms with E-state index in [0.29, 0.717) is 29.5 Å². The van der Waals surface area contributed by atoms with Crippen molar-refractivity contribution in [3.63, 3.8) is 0 Å². The van der Waals surface area contributed by atoms with Gasteiger partial charge in [0.2, 0.25) is 0 Å². The van der Waals surface area contributed by atoms with Crippen molar-refractivity contribution in [1.82, 2.24) is 0 Å². The summed E-state index contributed by atoms with van der Waals surface area (Å²) < 4.78 is 23.1. The van der Waals surface area contributed by atoms with Crippen LogP contribution < -0.4 is 15.2 Å². The lowest BCUT2D eigenvalue weighted by Crippen LogP contribution is -2.10. The van der Waals surface area contributed by atoms with E-state index in [2.05, 4.69) is 0 Å². The summed E-state index contributed by atoms with van der Waals surface area (Å²) in [4.78, 5) is 0.799. The minimum absolute atomic E-state index is 0.358. The standard InChI is InChI=1S/C16H19NO3S/c1-12-11-13(17)7-8-16(12)21(18)10-9-20-15-6-4-3-5-14(15)19-2/h3-8,11H,9-10,17H2,1-2H3. The second-order valence-electron chi connectivity index (χ2n) is 4.57. The van der Waals surface area contributed by atoms with Crippen LogP contribution in [0.15, 0.2) is 47.4 Å². The van der Waals surface area contributed by atoms with E-state index in [1.165, 1.54) is 0 Å². The van der Waals surface area contributed by atoms with Crippen molar-refractivity contribution in [3.05, 3.63) is 48.0 Å². The summed E-state index contributed by atoms with van der Waals surface area (Å²) in [6.45, 7) is 2.27. The van der Waals surface area contributed by atoms with Crippen LogP contribution in [0.25, 0.3) is 0 Å². The highest BCUT2D eigenvalue weighted by Crippen LogP contribution is 2.25. The lowest BCUT2D eigenvalue weighted by molar-refractivity contribution is 0.312. The number of aryl methyl sites for hydroxylation is 1. The Morgan fingerprint density at radius 2 is 1.86 bits per heavy atom. The van der Waals surface area contributed by atoms with Crippen molar-refractivity contribution in [1.29, 1.82) is 0 Å². The number of rotatable bonds is 6. The quantitative estimate of drug-likeness (QED) is 0.834. The van der Waals surface area contributed by atoms with Gasteiger partial charge < -0.3 is 15.2 Å². The third kappa shape index (κ3) is 3.98. The molecule has 0 bridgehead atoms. The molecular weight excluding hydrogens is 286 g/mol. The first-order valence-corrected chi connectivity index (χ1v) is 7.94. The van der Waals surface area contributed by atoms with Crippen LogP contribution in [0.4, 0.5) is 5.69 Å². The van der Waals surface area contributed by atoms with Gasteiger partial charge in [-0.1, -0.05) is 12.1 Å². The SMILES string of the molecule is COc1ccccc1OCCS(=O)c1ccc(N)cc1C. The summed E-state index contributed by atoms with van der Waals surface area (Å²) in [5.74, 6) is 1.75. The molecule has 0 fully saturated rings. The Morgan fingerprint density at radius 1 is 1.14 bits per heavy atom. The molecule has 0 spiro atoms. The van der Waals surface area contributed by atoms with Crippen molar-refractivity contribution in [2.45, 2.75) is 11.8 Å². The second-order valence-corrected chi connectivity index (χ2v) is 6.11. The van der Waals surface area contributed by atoms with E-state index in [1.807, 2.05) is 43.3 Å². The highest BCUT2D eigenvalue weighted by atomic mass is 32.2. The molecule has 2 aromatic rings. The Bertz CT molecular complexity index is 643. The first-order chi connectivity index (χ1) is 10.1. The number of para-hydroxylation sites is 2. The number of nitrogens with two attached hydrogens (primary N) is 1. The van der Waals surface area contributed by atoms with Gasteiger partial charge in [-0.2, -0.15) is 0 Å². The van der Waals surface area contributed by atoms with Gasteiger partial charge in [-0.15, -0.1) is 0 Å². The fourth-order valence-electron chi connectivity index (χ4n) is 2.00. The summed E-state index contributed by atoms with van der Waals surface area (Å²) in [5, 5.41) is 0. The fraction of sp³-hybridized carbons (Fsp3) is 0.250. The van der Waals surface area contributed by atoms with E-state index in [0.717, 1.165) is 10.5 Å². The predicted molar refractivity (Wildman–Crippen MR) is 85.4 cm³/mol. The van der Waals surface area contributed by atoms with Gasteiger partial charge in [0.25, 0.3) is 0 Å². The van der Waals surface area contributed by atoms with E-state index >= 15 is 0 Å². The molecule has 1 unspecified atom stereocenters. The molecule has 2 aromatic carbocycles. The maximum Gasteiger partial charge on any atom is 0.161 e. The topological polar surface area (TPSA) is 61.5 Å². The van der Waals surface area contributed by atoms with E-state index in [-0.39, 0.29) is 0 Å². The lowest BCUT2D eigenvalue weighted by atomic mass is 10.2. The molecule has 0 aromatic heterocycles. The molecule has 1 atom stereocenters. The monoisotopic (exact) mass is 305 g/mol. The molecule has 0 aliphatic heterocycles. The van der Waals surface area contributed by atoms with Crippen LogP contribution in [0.1, 0.15) is 5.56 Å². The molecule has 0 saturated carbocycles. The molecule has 0 radical (unpaired) electrons. The van der Waals surface area contributed by atoms with E-state index < -0.39 is 10.8 Å². The van der Waals surface area contributed by atoms with Gasteiger partial charge in [-0.25, -0.2) is 0 Å². The van der Waals surface area contributed by atoms with Gasteiger partial charge >= 0.3 is 0 Å². The molecule has 0 heterocycles. The molecule has 5 heteroatoms. The second kappa shape index (κ2) is 7.13. The zero-order valence-corrected chi connectivity index (χ0v) is 13.0. The van der Waals surface area contributed by atoms with Crippen molar-refractivity contribution in [2.24, 2.45) is 0 Å². The number of methoxy groups -OCH3 is 1. The number of hydrogen-bond donors (Lipinski definition) is 1. The third-order valence-electron chi connectivity index (χ3n) is 3.04. The Labute approximate surface area is 127 Å². The molecule has 0 aliphatic carbocycles. The fourth-order valence-corrected chi connectivity index (χ4v) is 3.10. The van der Waals surface area contributed by atoms with Crippen LogP contribution in [0.2, 0.25) is 0 Å². The molecular formula is C16H19NO3S. The molecule has 2 N–H and O–H groups in total. The minimum atomic E-state index is -1.11. The summed E-state index contributed by atoms with van der Waals surface area (Å²) in [5.41, 5.74) is 7.31. The van der Waals surface area contributed by atoms with Crippen molar-refractivity contribution in [3.8, 4) is 11.5 Å². The summed E-state index contributed by atoms with van der Waals surface area (Å²) in [6, 6.07) is 12.8. The maximum absolute atomic E-state index is 12.3. The number of hydrogen-bond acceptors (Lipinski definition) is 4. The third-order valence-corrected chi connectivity index (χ3v) is 4.53. The summed E-state index contributed by atoms with van der Waals surface area (Å²) in [6.07, 6.45) is 0. The smallest absolute Gasteiger partial charge is 0.161 e. The Balaban J connectivity index is 1.95. The zero-order valence-electron chi connectivity index (χ0n) is 12.2. The van der Waals surface area contributed by atoms with Crippen molar-refractivity contribution >= 4 is 16.5 Å².